The van der Waals surface area contributed by atoms with Crippen LogP contribution in [-0.2, 0) is 9.47 Å². The van der Waals surface area contributed by atoms with E-state index in [1.54, 1.807) is 0 Å². The summed E-state index contributed by atoms with van der Waals surface area (Å²) in [4.78, 5) is 0. The third-order valence-electron chi connectivity index (χ3n) is 2.11. The molecule has 0 amide bonds. The van der Waals surface area contributed by atoms with Crippen molar-refractivity contribution in [3.63, 3.8) is 0 Å². The molecular weight excluding hydrogens is 130 g/mol. The summed E-state index contributed by atoms with van der Waals surface area (Å²) < 4.78 is 10.8. The van der Waals surface area contributed by atoms with Crippen molar-refractivity contribution in [2.45, 2.75) is 18.6 Å². The number of ether oxygens (including phenoxy) is 2. The SMILES string of the molecule is C1CO[C@@H]([C@@H]2CCO2)CN1. The van der Waals surface area contributed by atoms with Gasteiger partial charge in [0.1, 0.15) is 0 Å². The zero-order valence-corrected chi connectivity index (χ0v) is 6.01. The van der Waals surface area contributed by atoms with Gasteiger partial charge in [-0.1, -0.05) is 0 Å². The zero-order valence-electron chi connectivity index (χ0n) is 6.01. The first-order valence-electron chi connectivity index (χ1n) is 3.91. The Hall–Kier alpha value is -0.120. The van der Waals surface area contributed by atoms with Crippen molar-refractivity contribution in [2.75, 3.05) is 26.3 Å². The highest BCUT2D eigenvalue weighted by Gasteiger charge is 2.29. The average molecular weight is 143 g/mol. The summed E-state index contributed by atoms with van der Waals surface area (Å²) in [5.74, 6) is 0. The number of morpholine rings is 1. The Labute approximate surface area is 60.7 Å². The summed E-state index contributed by atoms with van der Waals surface area (Å²) >= 11 is 0. The predicted octanol–water partition coefficient (Wildman–Crippen LogP) is -0.236. The largest absolute Gasteiger partial charge is 0.375 e. The fourth-order valence-electron chi connectivity index (χ4n) is 1.37. The molecule has 0 aromatic carbocycles. The van der Waals surface area contributed by atoms with Gasteiger partial charge < -0.3 is 14.8 Å². The van der Waals surface area contributed by atoms with E-state index >= 15 is 0 Å². The van der Waals surface area contributed by atoms with E-state index in [1.807, 2.05) is 0 Å². The van der Waals surface area contributed by atoms with Gasteiger partial charge in [0.25, 0.3) is 0 Å². The van der Waals surface area contributed by atoms with E-state index < -0.39 is 0 Å². The molecule has 2 atom stereocenters. The van der Waals surface area contributed by atoms with Crippen molar-refractivity contribution in [2.24, 2.45) is 0 Å². The molecule has 0 unspecified atom stereocenters. The first-order valence-corrected chi connectivity index (χ1v) is 3.91. The summed E-state index contributed by atoms with van der Waals surface area (Å²) in [6, 6.07) is 0. The molecule has 0 radical (unpaired) electrons. The summed E-state index contributed by atoms with van der Waals surface area (Å²) in [6.07, 6.45) is 1.88. The molecule has 2 aliphatic rings. The molecule has 0 spiro atoms. The Morgan fingerprint density at radius 1 is 1.10 bits per heavy atom. The lowest BCUT2D eigenvalue weighted by atomic mass is 10.1. The van der Waals surface area contributed by atoms with Crippen LogP contribution in [0.15, 0.2) is 0 Å². The summed E-state index contributed by atoms with van der Waals surface area (Å²) in [6.45, 7) is 3.71. The van der Waals surface area contributed by atoms with Crippen molar-refractivity contribution < 1.29 is 9.47 Å². The zero-order chi connectivity index (χ0) is 6.81. The first-order chi connectivity index (χ1) is 4.97. The molecule has 0 bridgehead atoms. The van der Waals surface area contributed by atoms with Crippen LogP contribution in [-0.4, -0.2) is 38.5 Å². The van der Waals surface area contributed by atoms with Crippen LogP contribution in [0, 0.1) is 0 Å². The Kier molecular flexibility index (Phi) is 1.88. The minimum absolute atomic E-state index is 0.322. The maximum atomic E-state index is 5.49. The van der Waals surface area contributed by atoms with Crippen molar-refractivity contribution in [3.8, 4) is 0 Å². The van der Waals surface area contributed by atoms with Gasteiger partial charge in [0.15, 0.2) is 0 Å². The molecule has 10 heavy (non-hydrogen) atoms. The minimum atomic E-state index is 0.322. The highest BCUT2D eigenvalue weighted by atomic mass is 16.6. The summed E-state index contributed by atoms with van der Waals surface area (Å²) in [5.41, 5.74) is 0. The molecule has 3 nitrogen and oxygen atoms in total. The fourth-order valence-corrected chi connectivity index (χ4v) is 1.37. The lowest BCUT2D eigenvalue weighted by Gasteiger charge is -2.36. The highest BCUT2D eigenvalue weighted by molar-refractivity contribution is 4.80. The molecule has 0 saturated carbocycles. The van der Waals surface area contributed by atoms with Crippen LogP contribution in [0.5, 0.6) is 0 Å². The quantitative estimate of drug-likeness (QED) is 0.549. The number of rotatable bonds is 1. The Morgan fingerprint density at radius 2 is 1.90 bits per heavy atom. The lowest BCUT2D eigenvalue weighted by Crippen LogP contribution is -2.49. The van der Waals surface area contributed by atoms with Crippen LogP contribution in [0.3, 0.4) is 0 Å². The monoisotopic (exact) mass is 143 g/mol. The second-order valence-corrected chi connectivity index (χ2v) is 2.81. The second kappa shape index (κ2) is 2.86. The van der Waals surface area contributed by atoms with Gasteiger partial charge in [-0.15, -0.1) is 0 Å². The van der Waals surface area contributed by atoms with E-state index in [0.717, 1.165) is 26.3 Å². The Morgan fingerprint density at radius 3 is 2.40 bits per heavy atom. The van der Waals surface area contributed by atoms with Crippen LogP contribution >= 0.6 is 0 Å². The average Bonchev–Trinajstić information content (AvgIpc) is 1.86. The van der Waals surface area contributed by atoms with Crippen LogP contribution in [0.2, 0.25) is 0 Å². The molecule has 2 rings (SSSR count). The molecule has 2 heterocycles. The Bertz CT molecular complexity index is 108. The fraction of sp³-hybridized carbons (Fsp3) is 1.00. The molecule has 2 fully saturated rings. The normalized spacial score (nSPS) is 40.8. The summed E-state index contributed by atoms with van der Waals surface area (Å²) in [5, 5.41) is 3.28. The molecule has 2 aliphatic heterocycles. The second-order valence-electron chi connectivity index (χ2n) is 2.81. The van der Waals surface area contributed by atoms with Crippen LogP contribution < -0.4 is 5.32 Å². The van der Waals surface area contributed by atoms with Crippen molar-refractivity contribution >= 4 is 0 Å². The van der Waals surface area contributed by atoms with E-state index in [1.165, 1.54) is 6.42 Å². The first kappa shape index (κ1) is 6.58. The molecule has 0 aromatic heterocycles. The molecule has 0 aromatic rings. The molecule has 58 valence electrons. The molecule has 1 N–H and O–H groups in total. The van der Waals surface area contributed by atoms with Gasteiger partial charge in [-0.3, -0.25) is 0 Å². The lowest BCUT2D eigenvalue weighted by molar-refractivity contribution is -0.143. The van der Waals surface area contributed by atoms with E-state index in [4.69, 9.17) is 9.47 Å². The van der Waals surface area contributed by atoms with Crippen LogP contribution in [0.25, 0.3) is 0 Å². The number of nitrogens with one attached hydrogen (secondary N) is 1. The van der Waals surface area contributed by atoms with Crippen LogP contribution in [0.4, 0.5) is 0 Å². The standard InChI is InChI=1S/C7H13NO2/c1-3-9-6(1)7-5-8-2-4-10-7/h6-8H,1-5H2/t6-,7+/m0/s1. The molecule has 2 saturated heterocycles. The van der Waals surface area contributed by atoms with Gasteiger partial charge in [0.05, 0.1) is 18.8 Å². The third-order valence-corrected chi connectivity index (χ3v) is 2.11. The van der Waals surface area contributed by atoms with Gasteiger partial charge in [-0.2, -0.15) is 0 Å². The van der Waals surface area contributed by atoms with Gasteiger partial charge in [-0.25, -0.2) is 0 Å². The van der Waals surface area contributed by atoms with E-state index in [0.29, 0.717) is 12.2 Å². The maximum Gasteiger partial charge on any atom is 0.0962 e. The van der Waals surface area contributed by atoms with Crippen molar-refractivity contribution in [3.05, 3.63) is 0 Å². The van der Waals surface area contributed by atoms with E-state index in [-0.39, 0.29) is 0 Å². The minimum Gasteiger partial charge on any atom is -0.375 e. The molecule has 0 aliphatic carbocycles. The third kappa shape index (κ3) is 1.17. The number of hydrogen-bond acceptors (Lipinski definition) is 3. The molecule has 3 heteroatoms. The van der Waals surface area contributed by atoms with Crippen LogP contribution in [0.1, 0.15) is 6.42 Å². The van der Waals surface area contributed by atoms with Crippen molar-refractivity contribution in [1.82, 2.24) is 5.32 Å². The maximum absolute atomic E-state index is 5.49. The van der Waals surface area contributed by atoms with Gasteiger partial charge in [-0.05, 0) is 6.42 Å². The van der Waals surface area contributed by atoms with Gasteiger partial charge in [0, 0.05) is 19.7 Å². The Balaban J connectivity index is 1.78. The number of hydrogen-bond donors (Lipinski definition) is 1. The van der Waals surface area contributed by atoms with Crippen molar-refractivity contribution in [1.29, 1.82) is 0 Å². The van der Waals surface area contributed by atoms with E-state index in [2.05, 4.69) is 5.32 Å². The molecular formula is C7H13NO2. The van der Waals surface area contributed by atoms with E-state index in [9.17, 15) is 0 Å². The highest BCUT2D eigenvalue weighted by Crippen LogP contribution is 2.18. The smallest absolute Gasteiger partial charge is 0.0962 e. The topological polar surface area (TPSA) is 30.5 Å². The summed E-state index contributed by atoms with van der Waals surface area (Å²) in [7, 11) is 0. The van der Waals surface area contributed by atoms with Gasteiger partial charge in [0.2, 0.25) is 0 Å². The van der Waals surface area contributed by atoms with Gasteiger partial charge >= 0.3 is 0 Å². The predicted molar refractivity (Wildman–Crippen MR) is 37.0 cm³/mol.